The number of rotatable bonds is 0. The first-order valence-electron chi connectivity index (χ1n) is 2.76. The van der Waals surface area contributed by atoms with E-state index in [1.54, 1.807) is 0 Å². The van der Waals surface area contributed by atoms with Crippen molar-refractivity contribution in [2.24, 2.45) is 5.73 Å². The fourth-order valence-electron chi connectivity index (χ4n) is 0.683. The van der Waals surface area contributed by atoms with Crippen LogP contribution in [0.4, 0.5) is 9.18 Å². The predicted molar refractivity (Wildman–Crippen MR) is 30.5 cm³/mol. The monoisotopic (exact) mass is 149 g/mol. The van der Waals surface area contributed by atoms with Crippen LogP contribution in [0, 0.1) is 0 Å². The second-order valence-electron chi connectivity index (χ2n) is 2.03. The maximum Gasteiger partial charge on any atom is 0.318 e. The first-order chi connectivity index (χ1) is 4.61. The summed E-state index contributed by atoms with van der Waals surface area (Å²) in [5.74, 6) is 0. The maximum absolute atomic E-state index is 12.5. The van der Waals surface area contributed by atoms with Crippen LogP contribution >= 0.6 is 0 Å². The zero-order valence-corrected chi connectivity index (χ0v) is 5.04. The van der Waals surface area contributed by atoms with Gasteiger partial charge in [0, 0.05) is 0 Å². The predicted octanol–water partition coefficient (Wildman–Crippen LogP) is -1.76. The van der Waals surface area contributed by atoms with Crippen molar-refractivity contribution in [3.05, 3.63) is 0 Å². The molecule has 1 aliphatic heterocycles. The summed E-state index contributed by atoms with van der Waals surface area (Å²) in [5, 5.41) is 12.7. The lowest BCUT2D eigenvalue weighted by Crippen LogP contribution is -2.64. The summed E-state index contributed by atoms with van der Waals surface area (Å²) in [6, 6.07) is -0.658. The van der Waals surface area contributed by atoms with Crippen molar-refractivity contribution in [2.45, 2.75) is 18.6 Å². The summed E-state index contributed by atoms with van der Waals surface area (Å²) in [5.41, 5.74) is 5.05. The van der Waals surface area contributed by atoms with E-state index in [0.29, 0.717) is 0 Å². The fourth-order valence-corrected chi connectivity index (χ4v) is 0.683. The van der Waals surface area contributed by atoms with Crippen LogP contribution in [0.3, 0.4) is 0 Å². The molecule has 0 aromatic rings. The summed E-state index contributed by atoms with van der Waals surface area (Å²) in [6.45, 7) is 0. The van der Waals surface area contributed by atoms with Crippen LogP contribution in [0.25, 0.3) is 0 Å². The molecule has 6 heteroatoms. The van der Waals surface area contributed by atoms with Gasteiger partial charge in [0.25, 0.3) is 0 Å². The summed E-state index contributed by atoms with van der Waals surface area (Å²) >= 11 is 0. The molecule has 0 aromatic heterocycles. The molecule has 1 heterocycles. The van der Waals surface area contributed by atoms with E-state index < -0.39 is 24.6 Å². The minimum Gasteiger partial charge on any atom is -0.370 e. The molecule has 0 aliphatic carbocycles. The second kappa shape index (κ2) is 2.39. The largest absolute Gasteiger partial charge is 0.370 e. The van der Waals surface area contributed by atoms with Gasteiger partial charge in [-0.05, 0) is 0 Å². The summed E-state index contributed by atoms with van der Waals surface area (Å²) in [7, 11) is 0. The third-order valence-electron chi connectivity index (χ3n) is 1.22. The molecule has 1 fully saturated rings. The van der Waals surface area contributed by atoms with Crippen molar-refractivity contribution in [3.8, 4) is 0 Å². The lowest BCUT2D eigenvalue weighted by Gasteiger charge is -2.28. The van der Waals surface area contributed by atoms with Crippen LogP contribution in [0.2, 0.25) is 0 Å². The third-order valence-corrected chi connectivity index (χ3v) is 1.22. The number of urea groups is 1. The minimum absolute atomic E-state index is 0.658. The van der Waals surface area contributed by atoms with Gasteiger partial charge < -0.3 is 21.5 Å². The molecule has 0 spiro atoms. The highest BCUT2D eigenvalue weighted by atomic mass is 19.1. The zero-order valence-electron chi connectivity index (χ0n) is 5.04. The van der Waals surface area contributed by atoms with Crippen LogP contribution < -0.4 is 16.4 Å². The highest BCUT2D eigenvalue weighted by Crippen LogP contribution is 2.02. The molecular weight excluding hydrogens is 141 g/mol. The van der Waals surface area contributed by atoms with E-state index in [-0.39, 0.29) is 0 Å². The number of nitrogens with one attached hydrogen (secondary N) is 2. The number of carbonyl (C=O) groups excluding carboxylic acids is 1. The van der Waals surface area contributed by atoms with Gasteiger partial charge in [-0.15, -0.1) is 0 Å². The smallest absolute Gasteiger partial charge is 0.318 e. The van der Waals surface area contributed by atoms with Crippen molar-refractivity contribution in [1.29, 1.82) is 0 Å². The van der Waals surface area contributed by atoms with E-state index in [1.165, 1.54) is 0 Å². The van der Waals surface area contributed by atoms with Gasteiger partial charge in [0.15, 0.2) is 12.4 Å². The van der Waals surface area contributed by atoms with Gasteiger partial charge in [-0.25, -0.2) is 9.18 Å². The van der Waals surface area contributed by atoms with Crippen LogP contribution in [-0.2, 0) is 0 Å². The Morgan fingerprint density at radius 1 is 1.60 bits per heavy atom. The van der Waals surface area contributed by atoms with E-state index in [1.807, 2.05) is 5.32 Å². The van der Waals surface area contributed by atoms with Crippen LogP contribution in [-0.4, -0.2) is 29.7 Å². The Bertz CT molecular complexity index is 139. The highest BCUT2D eigenvalue weighted by Gasteiger charge is 2.32. The van der Waals surface area contributed by atoms with Gasteiger partial charge in [0.05, 0.1) is 0 Å². The summed E-state index contributed by atoms with van der Waals surface area (Å²) in [6.07, 6.45) is -4.27. The average molecular weight is 149 g/mol. The first kappa shape index (κ1) is 7.23. The van der Waals surface area contributed by atoms with Gasteiger partial charge in [-0.2, -0.15) is 0 Å². The Hall–Kier alpha value is -0.880. The number of aliphatic hydroxyl groups is 1. The van der Waals surface area contributed by atoms with Gasteiger partial charge in [-0.3, -0.25) is 0 Å². The Kier molecular flexibility index (Phi) is 1.73. The highest BCUT2D eigenvalue weighted by molar-refractivity contribution is 5.75. The zero-order chi connectivity index (χ0) is 7.72. The van der Waals surface area contributed by atoms with Crippen LogP contribution in [0.5, 0.6) is 0 Å². The molecule has 2 amide bonds. The van der Waals surface area contributed by atoms with E-state index in [0.717, 1.165) is 0 Å². The lowest BCUT2D eigenvalue weighted by molar-refractivity contribution is 0.0239. The number of nitrogens with two attached hydrogens (primary N) is 1. The molecular formula is C4H8FN3O2. The molecule has 5 N–H and O–H groups in total. The van der Waals surface area contributed by atoms with Crippen molar-refractivity contribution in [2.75, 3.05) is 0 Å². The molecule has 0 aromatic carbocycles. The Balaban J connectivity index is 2.57. The Morgan fingerprint density at radius 3 is 2.70 bits per heavy atom. The van der Waals surface area contributed by atoms with Gasteiger partial charge in [0.1, 0.15) is 6.17 Å². The van der Waals surface area contributed by atoms with Crippen molar-refractivity contribution >= 4 is 6.03 Å². The average Bonchev–Trinajstić information content (AvgIpc) is 1.82. The van der Waals surface area contributed by atoms with Crippen LogP contribution in [0.1, 0.15) is 0 Å². The molecule has 0 bridgehead atoms. The van der Waals surface area contributed by atoms with E-state index >= 15 is 0 Å². The SMILES string of the molecule is NC1NC(=O)NC(O)C1F. The number of amides is 2. The van der Waals surface area contributed by atoms with Gasteiger partial charge in [0.2, 0.25) is 0 Å². The molecule has 1 rings (SSSR count). The molecule has 5 nitrogen and oxygen atoms in total. The normalized spacial score (nSPS) is 40.3. The standard InChI is InChI=1S/C4H8FN3O2/c5-1-2(6)7-4(10)8-3(1)9/h1-3,9H,6H2,(H2,7,8,10). The molecule has 1 saturated heterocycles. The Labute approximate surface area is 56.4 Å². The number of alkyl halides is 1. The van der Waals surface area contributed by atoms with Gasteiger partial charge in [-0.1, -0.05) is 0 Å². The lowest BCUT2D eigenvalue weighted by atomic mass is 10.2. The van der Waals surface area contributed by atoms with Crippen molar-refractivity contribution in [1.82, 2.24) is 10.6 Å². The van der Waals surface area contributed by atoms with Crippen molar-refractivity contribution in [3.63, 3.8) is 0 Å². The third kappa shape index (κ3) is 1.17. The van der Waals surface area contributed by atoms with Crippen LogP contribution in [0.15, 0.2) is 0 Å². The molecule has 58 valence electrons. The molecule has 10 heavy (non-hydrogen) atoms. The Morgan fingerprint density at radius 2 is 2.20 bits per heavy atom. The topological polar surface area (TPSA) is 87.4 Å². The first-order valence-corrected chi connectivity index (χ1v) is 2.76. The number of carbonyl (C=O) groups is 1. The van der Waals surface area contributed by atoms with E-state index in [4.69, 9.17) is 10.8 Å². The summed E-state index contributed by atoms with van der Waals surface area (Å²) in [4.78, 5) is 10.4. The molecule has 3 atom stereocenters. The fraction of sp³-hybridized carbons (Fsp3) is 0.750. The second-order valence-corrected chi connectivity index (χ2v) is 2.03. The number of halogens is 1. The number of hydrogen-bond acceptors (Lipinski definition) is 3. The number of aliphatic hydroxyl groups excluding tert-OH is 1. The van der Waals surface area contributed by atoms with E-state index in [2.05, 4.69) is 5.32 Å². The van der Waals surface area contributed by atoms with Crippen molar-refractivity contribution < 1.29 is 14.3 Å². The molecule has 3 unspecified atom stereocenters. The molecule has 1 aliphatic rings. The van der Waals surface area contributed by atoms with E-state index in [9.17, 15) is 9.18 Å². The van der Waals surface area contributed by atoms with Gasteiger partial charge >= 0.3 is 6.03 Å². The minimum atomic E-state index is -1.65. The molecule has 0 radical (unpaired) electrons. The summed E-state index contributed by atoms with van der Waals surface area (Å²) < 4.78 is 12.5. The maximum atomic E-state index is 12.5. The quantitative estimate of drug-likeness (QED) is 0.329. The molecule has 0 saturated carbocycles. The number of hydrogen-bond donors (Lipinski definition) is 4.